The Bertz CT molecular complexity index is 1470. The molecule has 4 aliphatic heterocycles. The van der Waals surface area contributed by atoms with Gasteiger partial charge < -0.3 is 31.1 Å². The Morgan fingerprint density at radius 3 is 2.85 bits per heavy atom. The lowest BCUT2D eigenvalue weighted by molar-refractivity contribution is -0.513. The minimum Gasteiger partial charge on any atom is -0.492 e. The number of hydrogen-bond donors (Lipinski definition) is 7. The van der Waals surface area contributed by atoms with Crippen LogP contribution in [0.5, 0.6) is 5.75 Å². The largest absolute Gasteiger partial charge is 0.492 e. The van der Waals surface area contributed by atoms with Gasteiger partial charge in [0.1, 0.15) is 23.6 Å². The van der Waals surface area contributed by atoms with Crippen LogP contribution >= 0.6 is 0 Å². The number of ether oxygens (including phenoxy) is 1. The highest BCUT2D eigenvalue weighted by molar-refractivity contribution is 5.98. The molecule has 1 saturated heterocycles. The molecule has 0 aliphatic carbocycles. The van der Waals surface area contributed by atoms with Crippen molar-refractivity contribution in [3.8, 4) is 5.75 Å². The molecule has 1 fully saturated rings. The van der Waals surface area contributed by atoms with E-state index >= 15 is 0 Å². The number of hydrogen-bond acceptors (Lipinski definition) is 10. The van der Waals surface area contributed by atoms with Crippen molar-refractivity contribution in [2.45, 2.75) is 62.5 Å². The topological polar surface area (TPSA) is 194 Å². The summed E-state index contributed by atoms with van der Waals surface area (Å²) >= 11 is 0. The van der Waals surface area contributed by atoms with Crippen LogP contribution < -0.4 is 37.1 Å². The molecule has 0 radical (unpaired) electrons. The summed E-state index contributed by atoms with van der Waals surface area (Å²) in [6, 6.07) is 7.21. The highest BCUT2D eigenvalue weighted by atomic mass is 16.5. The number of carbonyl (C=O) groups is 2. The van der Waals surface area contributed by atoms with Crippen LogP contribution in [0.1, 0.15) is 52.2 Å². The highest BCUT2D eigenvalue weighted by Gasteiger charge is 2.68. The molecule has 216 valence electrons. The van der Waals surface area contributed by atoms with Crippen LogP contribution in [-0.2, 0) is 5.41 Å². The first-order valence-electron chi connectivity index (χ1n) is 13.8. The molecule has 0 bridgehead atoms. The van der Waals surface area contributed by atoms with Gasteiger partial charge in [-0.1, -0.05) is 26.0 Å². The third-order valence-electron chi connectivity index (χ3n) is 8.64. The zero-order valence-electron chi connectivity index (χ0n) is 23.3. The Morgan fingerprint density at radius 2 is 2.07 bits per heavy atom. The number of pyridine rings is 1. The average Bonchev–Trinajstić information content (AvgIpc) is 3.43. The third kappa shape index (κ3) is 4.31. The second-order valence-electron chi connectivity index (χ2n) is 11.8. The molecule has 6 rings (SSSR count). The number of guanidine groups is 2. The molecular formula is C28H36N9O4+. The number of aromatic nitrogens is 1. The Kier molecular flexibility index (Phi) is 6.29. The lowest BCUT2D eigenvalue weighted by atomic mass is 9.79. The maximum Gasteiger partial charge on any atom is 0.343 e. The smallest absolute Gasteiger partial charge is 0.343 e. The fourth-order valence-electron chi connectivity index (χ4n) is 6.43. The van der Waals surface area contributed by atoms with Crippen molar-refractivity contribution in [2.24, 2.45) is 16.5 Å². The molecular weight excluding hydrogens is 526 g/mol. The zero-order valence-corrected chi connectivity index (χ0v) is 23.3. The van der Waals surface area contributed by atoms with E-state index in [1.165, 1.54) is 0 Å². The second-order valence-corrected chi connectivity index (χ2v) is 11.8. The first-order valence-corrected chi connectivity index (χ1v) is 13.8. The first-order chi connectivity index (χ1) is 19.5. The molecule has 41 heavy (non-hydrogen) atoms. The molecule has 1 aromatic carbocycles. The summed E-state index contributed by atoms with van der Waals surface area (Å²) in [7, 11) is 0. The standard InChI is InChI=1S/C28H35N9O4/c1-14-7-9-31-17(11-14)24(40)32-12-18-21-28(36-25(29)35-21)22(38)19(13-37(28)26(30)34-18)33-23(39)15-5-4-6-16-20(15)41-10-8-27(16,2)3/h4-7,9,11,18-19,21-22,38H,8,10,12-13H2,1-3H3,(H2,30,34)(H,32,40)(H,33,39)(H3,29,35,36)/p+1/t18-,19?,21-,22+,28?/m0/s1. The van der Waals surface area contributed by atoms with E-state index in [4.69, 9.17) is 16.2 Å². The van der Waals surface area contributed by atoms with Crippen molar-refractivity contribution < 1.29 is 24.4 Å². The summed E-state index contributed by atoms with van der Waals surface area (Å²) in [5, 5.41) is 20.8. The fourth-order valence-corrected chi connectivity index (χ4v) is 6.43. The zero-order chi connectivity index (χ0) is 29.1. The maximum absolute atomic E-state index is 13.6. The van der Waals surface area contributed by atoms with Gasteiger partial charge in [0.2, 0.25) is 5.66 Å². The molecule has 1 aromatic heterocycles. The van der Waals surface area contributed by atoms with Crippen molar-refractivity contribution in [1.29, 1.82) is 0 Å². The van der Waals surface area contributed by atoms with Gasteiger partial charge in [-0.2, -0.15) is 0 Å². The van der Waals surface area contributed by atoms with Gasteiger partial charge in [-0.25, -0.2) is 10.3 Å². The van der Waals surface area contributed by atoms with Crippen LogP contribution in [-0.4, -0.2) is 88.3 Å². The number of carbonyl (C=O) groups excluding carboxylic acids is 2. The van der Waals surface area contributed by atoms with E-state index in [1.54, 1.807) is 23.2 Å². The minimum absolute atomic E-state index is 0.115. The molecule has 2 aromatic rings. The number of nitrogens with zero attached hydrogens (tertiary/aromatic N) is 3. The lowest BCUT2D eigenvalue weighted by Crippen LogP contribution is -2.88. The lowest BCUT2D eigenvalue weighted by Gasteiger charge is -2.43. The molecule has 5 heterocycles. The Labute approximate surface area is 237 Å². The predicted octanol–water partition coefficient (Wildman–Crippen LogP) is -2.58. The van der Waals surface area contributed by atoms with Crippen LogP contribution in [0.25, 0.3) is 0 Å². The summed E-state index contributed by atoms with van der Waals surface area (Å²) in [6.45, 7) is 6.97. The second kappa shape index (κ2) is 9.61. The van der Waals surface area contributed by atoms with Gasteiger partial charge in [0.05, 0.1) is 18.2 Å². The first kappa shape index (κ1) is 26.8. The van der Waals surface area contributed by atoms with Crippen molar-refractivity contribution >= 4 is 23.7 Å². The fraction of sp³-hybridized carbons (Fsp3) is 0.464. The summed E-state index contributed by atoms with van der Waals surface area (Å²) in [4.78, 5) is 40.0. The maximum atomic E-state index is 13.6. The average molecular weight is 563 g/mol. The molecule has 4 aliphatic rings. The van der Waals surface area contributed by atoms with E-state index in [0.717, 1.165) is 17.5 Å². The summed E-state index contributed by atoms with van der Waals surface area (Å²) < 4.78 is 5.94. The van der Waals surface area contributed by atoms with Crippen molar-refractivity contribution in [3.63, 3.8) is 0 Å². The van der Waals surface area contributed by atoms with E-state index in [-0.39, 0.29) is 47.9 Å². The number of aliphatic imine (C=N–C) groups is 1. The molecule has 2 amide bonds. The van der Waals surface area contributed by atoms with Crippen LogP contribution in [0.4, 0.5) is 0 Å². The number of benzene rings is 1. The van der Waals surface area contributed by atoms with Gasteiger partial charge in [-0.05, 0) is 42.5 Å². The summed E-state index contributed by atoms with van der Waals surface area (Å²) in [6.07, 6.45) is 1.30. The van der Waals surface area contributed by atoms with E-state index < -0.39 is 29.9 Å². The van der Waals surface area contributed by atoms with Gasteiger partial charge >= 0.3 is 5.96 Å². The number of aliphatic hydroxyl groups is 1. The Hall–Kier alpha value is -4.39. The number of aliphatic hydroxyl groups excluding tert-OH is 1. The predicted molar refractivity (Wildman–Crippen MR) is 150 cm³/mol. The van der Waals surface area contributed by atoms with Gasteiger partial charge in [0.15, 0.2) is 12.0 Å². The van der Waals surface area contributed by atoms with E-state index in [0.29, 0.717) is 17.9 Å². The number of para-hydroxylation sites is 1. The normalized spacial score (nSPS) is 29.1. The highest BCUT2D eigenvalue weighted by Crippen LogP contribution is 2.41. The molecule has 9 N–H and O–H groups in total. The van der Waals surface area contributed by atoms with Gasteiger partial charge in [-0.3, -0.25) is 25.3 Å². The Balaban J connectivity index is 1.23. The van der Waals surface area contributed by atoms with E-state index in [2.05, 4.69) is 44.8 Å². The number of aryl methyl sites for hydroxylation is 1. The number of nitrogens with two attached hydrogens (primary N) is 2. The van der Waals surface area contributed by atoms with Gasteiger partial charge in [0, 0.05) is 24.8 Å². The van der Waals surface area contributed by atoms with Gasteiger partial charge in [0.25, 0.3) is 11.8 Å². The SMILES string of the molecule is Cc1ccnc(C(=O)NC[C@@H]2N=C(N)N3CC(NC(=O)c4cccc5c4OCCC5(C)C)[C@@H](O)C34NC(N)=[NH+][C@@H]24)c1. The van der Waals surface area contributed by atoms with Crippen molar-refractivity contribution in [2.75, 3.05) is 19.7 Å². The Morgan fingerprint density at radius 1 is 1.27 bits per heavy atom. The number of nitrogens with one attached hydrogen (secondary N) is 4. The summed E-state index contributed by atoms with van der Waals surface area (Å²) in [5.41, 5.74) is 13.9. The van der Waals surface area contributed by atoms with E-state index in [1.807, 2.05) is 25.1 Å². The quantitative estimate of drug-likeness (QED) is 0.205. The van der Waals surface area contributed by atoms with Crippen LogP contribution in [0.2, 0.25) is 0 Å². The van der Waals surface area contributed by atoms with Crippen LogP contribution in [0, 0.1) is 6.92 Å². The molecule has 13 heteroatoms. The van der Waals surface area contributed by atoms with Gasteiger partial charge in [-0.15, -0.1) is 0 Å². The number of fused-ring (bicyclic) bond motifs is 1. The van der Waals surface area contributed by atoms with E-state index in [9.17, 15) is 14.7 Å². The summed E-state index contributed by atoms with van der Waals surface area (Å²) in [5.74, 6) is 0.261. The third-order valence-corrected chi connectivity index (χ3v) is 8.64. The van der Waals surface area contributed by atoms with Crippen molar-refractivity contribution in [1.82, 2.24) is 25.8 Å². The van der Waals surface area contributed by atoms with Crippen molar-refractivity contribution in [3.05, 3.63) is 58.9 Å². The molecule has 2 unspecified atom stereocenters. The monoisotopic (exact) mass is 562 g/mol. The molecule has 1 spiro atoms. The molecule has 0 saturated carbocycles. The van der Waals surface area contributed by atoms with Crippen LogP contribution in [0.15, 0.2) is 41.5 Å². The number of rotatable bonds is 5. The number of amides is 2. The molecule has 5 atom stereocenters. The molecule has 13 nitrogen and oxygen atoms in total. The minimum atomic E-state index is -1.19. The van der Waals surface area contributed by atoms with Crippen LogP contribution in [0.3, 0.4) is 0 Å².